The van der Waals surface area contributed by atoms with Crippen molar-refractivity contribution in [2.45, 2.75) is 13.0 Å². The predicted molar refractivity (Wildman–Crippen MR) is 76.5 cm³/mol. The number of hydrogen-bond donors (Lipinski definition) is 1. The summed E-state index contributed by atoms with van der Waals surface area (Å²) in [6.45, 7) is 2.11. The molecule has 0 saturated carbocycles. The highest BCUT2D eigenvalue weighted by Crippen LogP contribution is 2.23. The van der Waals surface area contributed by atoms with Gasteiger partial charge in [-0.3, -0.25) is 0 Å². The van der Waals surface area contributed by atoms with Crippen LogP contribution in [-0.2, 0) is 0 Å². The lowest BCUT2D eigenvalue weighted by atomic mass is 10.1. The summed E-state index contributed by atoms with van der Waals surface area (Å²) in [5, 5.41) is 4.18. The van der Waals surface area contributed by atoms with E-state index in [1.165, 1.54) is 5.56 Å². The van der Waals surface area contributed by atoms with Crippen molar-refractivity contribution < 1.29 is 4.74 Å². The largest absolute Gasteiger partial charge is 0.497 e. The SMILES string of the molecule is COc1ccc(N[C@H](C)c2cccc(Cl)c2)cc1. The highest BCUT2D eigenvalue weighted by molar-refractivity contribution is 6.30. The highest BCUT2D eigenvalue weighted by Gasteiger charge is 2.05. The van der Waals surface area contributed by atoms with E-state index in [4.69, 9.17) is 16.3 Å². The molecule has 94 valence electrons. The van der Waals surface area contributed by atoms with Crippen molar-refractivity contribution in [3.63, 3.8) is 0 Å². The van der Waals surface area contributed by atoms with Crippen LogP contribution in [0, 0.1) is 0 Å². The Morgan fingerprint density at radius 1 is 1.11 bits per heavy atom. The first-order valence-electron chi connectivity index (χ1n) is 5.85. The lowest BCUT2D eigenvalue weighted by molar-refractivity contribution is 0.415. The molecule has 2 nitrogen and oxygen atoms in total. The molecule has 2 rings (SSSR count). The van der Waals surface area contributed by atoms with E-state index in [0.29, 0.717) is 0 Å². The molecular weight excluding hydrogens is 246 g/mol. The van der Waals surface area contributed by atoms with Crippen molar-refractivity contribution in [3.05, 3.63) is 59.1 Å². The van der Waals surface area contributed by atoms with Gasteiger partial charge in [-0.05, 0) is 48.9 Å². The van der Waals surface area contributed by atoms with Crippen LogP contribution in [0.4, 0.5) is 5.69 Å². The van der Waals surface area contributed by atoms with E-state index in [9.17, 15) is 0 Å². The second-order valence-electron chi connectivity index (χ2n) is 4.15. The third-order valence-corrected chi connectivity index (χ3v) is 3.06. The number of anilines is 1. The summed E-state index contributed by atoms with van der Waals surface area (Å²) in [6, 6.07) is 16.0. The Labute approximate surface area is 113 Å². The fourth-order valence-electron chi connectivity index (χ4n) is 1.80. The molecule has 2 aromatic carbocycles. The van der Waals surface area contributed by atoms with Gasteiger partial charge in [0, 0.05) is 16.8 Å². The molecule has 1 atom stereocenters. The highest BCUT2D eigenvalue weighted by atomic mass is 35.5. The maximum atomic E-state index is 5.99. The minimum absolute atomic E-state index is 0.206. The molecule has 0 aromatic heterocycles. The molecule has 0 aliphatic heterocycles. The quantitative estimate of drug-likeness (QED) is 0.874. The summed E-state index contributed by atoms with van der Waals surface area (Å²) in [6.07, 6.45) is 0. The van der Waals surface area contributed by atoms with E-state index in [1.807, 2.05) is 42.5 Å². The minimum Gasteiger partial charge on any atom is -0.497 e. The van der Waals surface area contributed by atoms with E-state index in [-0.39, 0.29) is 6.04 Å². The molecule has 0 fully saturated rings. The molecule has 0 unspecified atom stereocenters. The van der Waals surface area contributed by atoms with Crippen molar-refractivity contribution in [2.75, 3.05) is 12.4 Å². The summed E-state index contributed by atoms with van der Waals surface area (Å²) in [4.78, 5) is 0. The van der Waals surface area contributed by atoms with Crippen LogP contribution in [0.1, 0.15) is 18.5 Å². The average Bonchev–Trinajstić information content (AvgIpc) is 2.39. The van der Waals surface area contributed by atoms with Crippen molar-refractivity contribution in [2.24, 2.45) is 0 Å². The Hall–Kier alpha value is -1.67. The third-order valence-electron chi connectivity index (χ3n) is 2.82. The Balaban J connectivity index is 2.08. The topological polar surface area (TPSA) is 21.3 Å². The number of rotatable bonds is 4. The van der Waals surface area contributed by atoms with E-state index in [2.05, 4.69) is 18.3 Å². The van der Waals surface area contributed by atoms with Gasteiger partial charge in [-0.25, -0.2) is 0 Å². The van der Waals surface area contributed by atoms with Gasteiger partial charge in [0.25, 0.3) is 0 Å². The molecule has 0 amide bonds. The van der Waals surface area contributed by atoms with Gasteiger partial charge in [-0.15, -0.1) is 0 Å². The van der Waals surface area contributed by atoms with E-state index in [1.54, 1.807) is 7.11 Å². The second kappa shape index (κ2) is 5.78. The van der Waals surface area contributed by atoms with Crippen LogP contribution >= 0.6 is 11.6 Å². The predicted octanol–water partition coefficient (Wildman–Crippen LogP) is 4.52. The van der Waals surface area contributed by atoms with Crippen LogP contribution in [0.2, 0.25) is 5.02 Å². The summed E-state index contributed by atoms with van der Waals surface area (Å²) in [5.74, 6) is 0.857. The van der Waals surface area contributed by atoms with Crippen molar-refractivity contribution >= 4 is 17.3 Å². The van der Waals surface area contributed by atoms with Crippen LogP contribution in [0.5, 0.6) is 5.75 Å². The molecular formula is C15H16ClNO. The number of hydrogen-bond acceptors (Lipinski definition) is 2. The number of ether oxygens (including phenoxy) is 1. The van der Waals surface area contributed by atoms with Gasteiger partial charge in [-0.1, -0.05) is 23.7 Å². The monoisotopic (exact) mass is 261 g/mol. The number of halogens is 1. The Kier molecular flexibility index (Phi) is 4.11. The summed E-state index contributed by atoms with van der Waals surface area (Å²) in [7, 11) is 1.66. The smallest absolute Gasteiger partial charge is 0.119 e. The fraction of sp³-hybridized carbons (Fsp3) is 0.200. The average molecular weight is 262 g/mol. The van der Waals surface area contributed by atoms with Crippen molar-refractivity contribution in [3.8, 4) is 5.75 Å². The first kappa shape index (κ1) is 12.8. The van der Waals surface area contributed by atoms with E-state index < -0.39 is 0 Å². The Morgan fingerprint density at radius 3 is 2.44 bits per heavy atom. The maximum absolute atomic E-state index is 5.99. The minimum atomic E-state index is 0.206. The normalized spacial score (nSPS) is 11.9. The molecule has 0 aliphatic carbocycles. The zero-order valence-electron chi connectivity index (χ0n) is 10.5. The molecule has 0 aliphatic rings. The standard InChI is InChI=1S/C15H16ClNO/c1-11(12-4-3-5-13(16)10-12)17-14-6-8-15(18-2)9-7-14/h3-11,17H,1-2H3/t11-/m1/s1. The van der Waals surface area contributed by atoms with Crippen LogP contribution < -0.4 is 10.1 Å². The number of benzene rings is 2. The Bertz CT molecular complexity index is 510. The van der Waals surface area contributed by atoms with Crippen LogP contribution in [0.3, 0.4) is 0 Å². The number of methoxy groups -OCH3 is 1. The zero-order valence-corrected chi connectivity index (χ0v) is 11.2. The second-order valence-corrected chi connectivity index (χ2v) is 4.59. The van der Waals surface area contributed by atoms with E-state index in [0.717, 1.165) is 16.5 Å². The lowest BCUT2D eigenvalue weighted by Gasteiger charge is -2.16. The summed E-state index contributed by atoms with van der Waals surface area (Å²) >= 11 is 5.99. The molecule has 2 aromatic rings. The van der Waals surface area contributed by atoms with Crippen LogP contribution in [0.15, 0.2) is 48.5 Å². The first-order chi connectivity index (χ1) is 8.69. The van der Waals surface area contributed by atoms with Gasteiger partial charge in [0.2, 0.25) is 0 Å². The van der Waals surface area contributed by atoms with Gasteiger partial charge >= 0.3 is 0 Å². The molecule has 0 radical (unpaired) electrons. The lowest BCUT2D eigenvalue weighted by Crippen LogP contribution is -2.06. The molecule has 0 heterocycles. The van der Waals surface area contributed by atoms with Gasteiger partial charge in [0.15, 0.2) is 0 Å². The maximum Gasteiger partial charge on any atom is 0.119 e. The Morgan fingerprint density at radius 2 is 1.83 bits per heavy atom. The molecule has 18 heavy (non-hydrogen) atoms. The van der Waals surface area contributed by atoms with Gasteiger partial charge in [0.1, 0.15) is 5.75 Å². The van der Waals surface area contributed by atoms with Crippen LogP contribution in [0.25, 0.3) is 0 Å². The zero-order chi connectivity index (χ0) is 13.0. The first-order valence-corrected chi connectivity index (χ1v) is 6.23. The molecule has 3 heteroatoms. The molecule has 1 N–H and O–H groups in total. The third kappa shape index (κ3) is 3.17. The molecule has 0 bridgehead atoms. The van der Waals surface area contributed by atoms with Crippen LogP contribution in [-0.4, -0.2) is 7.11 Å². The fourth-order valence-corrected chi connectivity index (χ4v) is 2.00. The molecule has 0 saturated heterocycles. The van der Waals surface area contributed by atoms with Gasteiger partial charge < -0.3 is 10.1 Å². The number of nitrogens with one attached hydrogen (secondary N) is 1. The van der Waals surface area contributed by atoms with Gasteiger partial charge in [-0.2, -0.15) is 0 Å². The summed E-state index contributed by atoms with van der Waals surface area (Å²) in [5.41, 5.74) is 2.22. The molecule has 0 spiro atoms. The van der Waals surface area contributed by atoms with Crippen molar-refractivity contribution in [1.82, 2.24) is 0 Å². The van der Waals surface area contributed by atoms with E-state index >= 15 is 0 Å². The summed E-state index contributed by atoms with van der Waals surface area (Å²) < 4.78 is 5.13. The van der Waals surface area contributed by atoms with Crippen molar-refractivity contribution in [1.29, 1.82) is 0 Å². The van der Waals surface area contributed by atoms with Gasteiger partial charge in [0.05, 0.1) is 7.11 Å².